The highest BCUT2D eigenvalue weighted by atomic mass is 32.1. The Labute approximate surface area is 206 Å². The smallest absolute Gasteiger partial charge is 0.341 e. The molecule has 0 amide bonds. The number of hydrogen-bond donors (Lipinski definition) is 1. The maximum atomic E-state index is 13.0. The predicted octanol–water partition coefficient (Wildman–Crippen LogP) is 6.90. The molecule has 0 atom stereocenters. The number of hydrogen-bond acceptors (Lipinski definition) is 7. The molecule has 1 aliphatic carbocycles. The van der Waals surface area contributed by atoms with Gasteiger partial charge in [0, 0.05) is 18.0 Å². The minimum Gasteiger partial charge on any atom is -0.462 e. The number of fused-ring (bicyclic) bond motifs is 2. The lowest BCUT2D eigenvalue weighted by Gasteiger charge is -2.26. The first kappa shape index (κ1) is 24.5. The van der Waals surface area contributed by atoms with Crippen molar-refractivity contribution in [2.75, 3.05) is 29.9 Å². The second kappa shape index (κ2) is 11.6. The summed E-state index contributed by atoms with van der Waals surface area (Å²) >= 11 is 1.67. The number of anilines is 3. The molecule has 0 spiro atoms. The van der Waals surface area contributed by atoms with E-state index in [0.29, 0.717) is 12.2 Å². The molecule has 0 saturated heterocycles. The van der Waals surface area contributed by atoms with Crippen molar-refractivity contribution in [1.29, 1.82) is 0 Å². The zero-order valence-electron chi connectivity index (χ0n) is 20.7. The van der Waals surface area contributed by atoms with Crippen LogP contribution in [-0.4, -0.2) is 35.6 Å². The molecule has 0 saturated carbocycles. The third kappa shape index (κ3) is 5.35. The number of carbonyl (C=O) groups excluding carboxylic acids is 1. The number of aryl methyl sites for hydroxylation is 1. The normalized spacial score (nSPS) is 13.0. The molecule has 2 aromatic heterocycles. The molecule has 34 heavy (non-hydrogen) atoms. The highest BCUT2D eigenvalue weighted by Gasteiger charge is 2.28. The molecule has 0 aliphatic heterocycles. The van der Waals surface area contributed by atoms with Gasteiger partial charge in [0.15, 0.2) is 11.6 Å². The van der Waals surface area contributed by atoms with Crippen LogP contribution in [0, 0.1) is 0 Å². The summed E-state index contributed by atoms with van der Waals surface area (Å²) in [5.41, 5.74) is 3.58. The van der Waals surface area contributed by atoms with Gasteiger partial charge in [0.2, 0.25) is 0 Å². The van der Waals surface area contributed by atoms with Crippen LogP contribution in [0.4, 0.5) is 16.6 Å². The maximum Gasteiger partial charge on any atom is 0.341 e. The topological polar surface area (TPSA) is 67.4 Å². The van der Waals surface area contributed by atoms with Gasteiger partial charge in [-0.3, -0.25) is 0 Å². The maximum absolute atomic E-state index is 13.0. The fourth-order valence-corrected chi connectivity index (χ4v) is 5.77. The number of carbonyl (C=O) groups is 1. The van der Waals surface area contributed by atoms with Crippen LogP contribution >= 0.6 is 11.3 Å². The van der Waals surface area contributed by atoms with Crippen molar-refractivity contribution in [3.05, 3.63) is 40.3 Å². The van der Waals surface area contributed by atoms with E-state index in [0.717, 1.165) is 97.7 Å². The van der Waals surface area contributed by atoms with Gasteiger partial charge < -0.3 is 15.0 Å². The molecule has 4 rings (SSSR count). The molecule has 1 N–H and O–H groups in total. The Bertz CT molecular complexity index is 1120. The number of nitrogens with one attached hydrogen (secondary N) is 1. The minimum atomic E-state index is -0.242. The lowest BCUT2D eigenvalue weighted by atomic mass is 9.95. The number of unbranched alkanes of at least 4 members (excludes halogenated alkanes) is 2. The third-order valence-corrected chi connectivity index (χ3v) is 7.50. The van der Waals surface area contributed by atoms with Crippen LogP contribution in [0.5, 0.6) is 0 Å². The van der Waals surface area contributed by atoms with Crippen molar-refractivity contribution in [2.45, 2.75) is 72.1 Å². The molecule has 0 radical (unpaired) electrons. The van der Waals surface area contributed by atoms with Gasteiger partial charge in [0.05, 0.1) is 23.2 Å². The van der Waals surface area contributed by atoms with E-state index in [-0.39, 0.29) is 5.97 Å². The second-order valence-electron chi connectivity index (χ2n) is 8.84. The third-order valence-electron chi connectivity index (χ3n) is 6.30. The van der Waals surface area contributed by atoms with E-state index in [1.807, 2.05) is 31.2 Å². The Morgan fingerprint density at radius 1 is 1.03 bits per heavy atom. The van der Waals surface area contributed by atoms with Gasteiger partial charge in [-0.05, 0) is 63.1 Å². The Morgan fingerprint density at radius 2 is 1.71 bits per heavy atom. The monoisotopic (exact) mass is 480 g/mol. The Morgan fingerprint density at radius 3 is 2.38 bits per heavy atom. The SMILES string of the molecule is CCCCN(CCCC)c1nc2ccccc2nc1Nc1sc2c(c1C(=O)OCC)CCCC2. The average molecular weight is 481 g/mol. The Hall–Kier alpha value is -2.67. The van der Waals surface area contributed by atoms with E-state index in [1.54, 1.807) is 11.3 Å². The van der Waals surface area contributed by atoms with Gasteiger partial charge in [0.25, 0.3) is 0 Å². The largest absolute Gasteiger partial charge is 0.462 e. The van der Waals surface area contributed by atoms with Gasteiger partial charge >= 0.3 is 5.97 Å². The van der Waals surface area contributed by atoms with Crippen LogP contribution < -0.4 is 10.2 Å². The van der Waals surface area contributed by atoms with Crippen LogP contribution in [0.3, 0.4) is 0 Å². The number of nitrogens with zero attached hydrogens (tertiary/aromatic N) is 3. The predicted molar refractivity (Wildman–Crippen MR) is 142 cm³/mol. The Kier molecular flexibility index (Phi) is 8.38. The summed E-state index contributed by atoms with van der Waals surface area (Å²) in [4.78, 5) is 26.7. The van der Waals surface area contributed by atoms with Crippen molar-refractivity contribution < 1.29 is 9.53 Å². The molecule has 0 bridgehead atoms. The molecule has 1 aromatic carbocycles. The lowest BCUT2D eigenvalue weighted by Crippen LogP contribution is -2.27. The highest BCUT2D eigenvalue weighted by Crippen LogP contribution is 2.41. The van der Waals surface area contributed by atoms with Crippen LogP contribution in [0.2, 0.25) is 0 Å². The van der Waals surface area contributed by atoms with E-state index >= 15 is 0 Å². The molecule has 2 heterocycles. The molecular weight excluding hydrogens is 444 g/mol. The van der Waals surface area contributed by atoms with Crippen LogP contribution in [0.15, 0.2) is 24.3 Å². The Balaban J connectivity index is 1.80. The van der Waals surface area contributed by atoms with Crippen LogP contribution in [0.25, 0.3) is 11.0 Å². The second-order valence-corrected chi connectivity index (χ2v) is 9.94. The summed E-state index contributed by atoms with van der Waals surface area (Å²) in [6.07, 6.45) is 8.66. The first-order chi connectivity index (χ1) is 16.7. The van der Waals surface area contributed by atoms with E-state index in [1.165, 1.54) is 4.88 Å². The fourth-order valence-electron chi connectivity index (χ4n) is 4.50. The van der Waals surface area contributed by atoms with Gasteiger partial charge in [-0.25, -0.2) is 14.8 Å². The highest BCUT2D eigenvalue weighted by molar-refractivity contribution is 7.16. The molecule has 3 aromatic rings. The van der Waals surface area contributed by atoms with E-state index in [4.69, 9.17) is 14.7 Å². The number of ether oxygens (including phenoxy) is 1. The number of thiophene rings is 1. The number of esters is 1. The van der Waals surface area contributed by atoms with E-state index < -0.39 is 0 Å². The van der Waals surface area contributed by atoms with Gasteiger partial charge in [-0.2, -0.15) is 0 Å². The summed E-state index contributed by atoms with van der Waals surface area (Å²) in [6.45, 7) is 8.52. The first-order valence-electron chi connectivity index (χ1n) is 12.8. The molecule has 0 unspecified atom stereocenters. The lowest BCUT2D eigenvalue weighted by molar-refractivity contribution is 0.0526. The number of benzene rings is 1. The van der Waals surface area contributed by atoms with Gasteiger partial charge in [-0.15, -0.1) is 11.3 Å². The minimum absolute atomic E-state index is 0.242. The van der Waals surface area contributed by atoms with Crippen LogP contribution in [-0.2, 0) is 17.6 Å². The first-order valence-corrected chi connectivity index (χ1v) is 13.6. The quantitative estimate of drug-likeness (QED) is 0.301. The summed E-state index contributed by atoms with van der Waals surface area (Å²) < 4.78 is 5.47. The zero-order valence-corrected chi connectivity index (χ0v) is 21.5. The molecule has 0 fully saturated rings. The van der Waals surface area contributed by atoms with Crippen molar-refractivity contribution in [1.82, 2.24) is 9.97 Å². The number of para-hydroxylation sites is 2. The van der Waals surface area contributed by atoms with E-state index in [9.17, 15) is 4.79 Å². The molecule has 6 nitrogen and oxygen atoms in total. The molecular formula is C27H36N4O2S. The summed E-state index contributed by atoms with van der Waals surface area (Å²) in [6, 6.07) is 8.00. The van der Waals surface area contributed by atoms with Crippen molar-refractivity contribution in [2.24, 2.45) is 0 Å². The van der Waals surface area contributed by atoms with Crippen LogP contribution in [0.1, 0.15) is 80.1 Å². The van der Waals surface area contributed by atoms with Crippen molar-refractivity contribution >= 4 is 45.0 Å². The van der Waals surface area contributed by atoms with Gasteiger partial charge in [0.1, 0.15) is 5.00 Å². The fraction of sp³-hybridized carbons (Fsp3) is 0.519. The zero-order chi connectivity index (χ0) is 23.9. The molecule has 182 valence electrons. The average Bonchev–Trinajstić information content (AvgIpc) is 3.22. The molecule has 1 aliphatic rings. The number of aromatic nitrogens is 2. The number of rotatable bonds is 11. The summed E-state index contributed by atoms with van der Waals surface area (Å²) in [5.74, 6) is 1.34. The van der Waals surface area contributed by atoms with E-state index in [2.05, 4.69) is 24.1 Å². The van der Waals surface area contributed by atoms with Gasteiger partial charge in [-0.1, -0.05) is 38.8 Å². The summed E-state index contributed by atoms with van der Waals surface area (Å²) in [5, 5.41) is 4.40. The van der Waals surface area contributed by atoms with Crippen molar-refractivity contribution in [3.63, 3.8) is 0 Å². The van der Waals surface area contributed by atoms with Crippen molar-refractivity contribution in [3.8, 4) is 0 Å². The standard InChI is InChI=1S/C27H36N4O2S/c1-4-7-17-31(18-8-5-2)25-24(28-20-14-10-11-15-21(20)29-25)30-26-23(27(32)33-6-3)19-13-9-12-16-22(19)34-26/h10-11,14-15H,4-9,12-13,16-18H2,1-3H3,(H,28,30). The summed E-state index contributed by atoms with van der Waals surface area (Å²) in [7, 11) is 0. The molecule has 7 heteroatoms.